The molecule has 4 N–H and O–H groups in total. The summed E-state index contributed by atoms with van der Waals surface area (Å²) in [4.78, 5) is 12.0. The van der Waals surface area contributed by atoms with Crippen LogP contribution in [0.5, 0.6) is 0 Å². The summed E-state index contributed by atoms with van der Waals surface area (Å²) in [6.45, 7) is 0.475. The molecule has 106 valence electrons. The third-order valence-electron chi connectivity index (χ3n) is 3.50. The minimum atomic E-state index is -0.411. The van der Waals surface area contributed by atoms with Crippen LogP contribution in [0.15, 0.2) is 24.3 Å². The van der Waals surface area contributed by atoms with Crippen molar-refractivity contribution in [1.82, 2.24) is 5.32 Å². The molecular weight excluding hydrogens is 264 g/mol. The van der Waals surface area contributed by atoms with Crippen molar-refractivity contribution < 1.29 is 9.90 Å². The van der Waals surface area contributed by atoms with Crippen LogP contribution in [0.25, 0.3) is 0 Å². The van der Waals surface area contributed by atoms with Crippen molar-refractivity contribution in [3.63, 3.8) is 0 Å². The van der Waals surface area contributed by atoms with Gasteiger partial charge in [0.15, 0.2) is 0 Å². The van der Waals surface area contributed by atoms with Crippen molar-refractivity contribution in [2.75, 3.05) is 0 Å². The Labute approximate surface area is 119 Å². The SMILES string of the molecule is Cl.NCc1ccc(C(=O)N[C@H]2CCCC[C@@H]2O)cc1. The number of aliphatic hydroxyl groups is 1. The maximum Gasteiger partial charge on any atom is 0.251 e. The zero-order chi connectivity index (χ0) is 13.0. The molecule has 4 nitrogen and oxygen atoms in total. The van der Waals surface area contributed by atoms with Crippen molar-refractivity contribution in [2.45, 2.75) is 44.4 Å². The molecular formula is C14H21ClN2O2. The van der Waals surface area contributed by atoms with Gasteiger partial charge in [-0.25, -0.2) is 0 Å². The molecule has 19 heavy (non-hydrogen) atoms. The summed E-state index contributed by atoms with van der Waals surface area (Å²) < 4.78 is 0. The van der Waals surface area contributed by atoms with Crippen molar-refractivity contribution in [3.8, 4) is 0 Å². The summed E-state index contributed by atoms with van der Waals surface area (Å²) in [5.41, 5.74) is 7.13. The van der Waals surface area contributed by atoms with E-state index in [1.165, 1.54) is 0 Å². The maximum atomic E-state index is 12.0. The van der Waals surface area contributed by atoms with Gasteiger partial charge < -0.3 is 16.2 Å². The predicted octanol–water partition coefficient (Wildman–Crippen LogP) is 1.60. The molecule has 1 aliphatic carbocycles. The first-order valence-electron chi connectivity index (χ1n) is 6.48. The number of carbonyl (C=O) groups excluding carboxylic acids is 1. The number of nitrogens with one attached hydrogen (secondary N) is 1. The second-order valence-electron chi connectivity index (χ2n) is 4.83. The number of aliphatic hydroxyl groups excluding tert-OH is 1. The summed E-state index contributed by atoms with van der Waals surface area (Å²) >= 11 is 0. The van der Waals surface area contributed by atoms with Gasteiger partial charge in [-0.1, -0.05) is 25.0 Å². The van der Waals surface area contributed by atoms with Crippen LogP contribution in [0, 0.1) is 0 Å². The normalized spacial score (nSPS) is 22.4. The number of halogens is 1. The van der Waals surface area contributed by atoms with Crippen LogP contribution in [0.2, 0.25) is 0 Å². The van der Waals surface area contributed by atoms with E-state index in [1.54, 1.807) is 12.1 Å². The minimum Gasteiger partial charge on any atom is -0.391 e. The molecule has 0 unspecified atom stereocenters. The molecule has 0 saturated heterocycles. The van der Waals surface area contributed by atoms with Gasteiger partial charge in [-0.05, 0) is 30.5 Å². The van der Waals surface area contributed by atoms with Crippen LogP contribution in [-0.2, 0) is 6.54 Å². The van der Waals surface area contributed by atoms with Gasteiger partial charge in [-0.2, -0.15) is 0 Å². The molecule has 1 aliphatic rings. The molecule has 1 amide bonds. The largest absolute Gasteiger partial charge is 0.391 e. The zero-order valence-electron chi connectivity index (χ0n) is 10.8. The summed E-state index contributed by atoms with van der Waals surface area (Å²) in [5.74, 6) is -0.121. The first kappa shape index (κ1) is 16.0. The molecule has 2 atom stereocenters. The Hall–Kier alpha value is -1.10. The fraction of sp³-hybridized carbons (Fsp3) is 0.500. The number of hydrogen-bond donors (Lipinski definition) is 3. The van der Waals surface area contributed by atoms with Gasteiger partial charge in [0.2, 0.25) is 0 Å². The Balaban J connectivity index is 0.00000180. The van der Waals surface area contributed by atoms with E-state index in [0.29, 0.717) is 12.1 Å². The number of rotatable bonds is 3. The molecule has 0 aliphatic heterocycles. The van der Waals surface area contributed by atoms with E-state index in [-0.39, 0.29) is 24.4 Å². The summed E-state index contributed by atoms with van der Waals surface area (Å²) in [7, 11) is 0. The smallest absolute Gasteiger partial charge is 0.251 e. The number of benzene rings is 1. The zero-order valence-corrected chi connectivity index (χ0v) is 11.7. The molecule has 5 heteroatoms. The summed E-state index contributed by atoms with van der Waals surface area (Å²) in [6, 6.07) is 7.14. The van der Waals surface area contributed by atoms with Gasteiger partial charge in [0.1, 0.15) is 0 Å². The van der Waals surface area contributed by atoms with E-state index in [0.717, 1.165) is 31.2 Å². The number of hydrogen-bond acceptors (Lipinski definition) is 3. The monoisotopic (exact) mass is 284 g/mol. The van der Waals surface area contributed by atoms with Gasteiger partial charge in [0, 0.05) is 12.1 Å². The molecule has 0 aromatic heterocycles. The van der Waals surface area contributed by atoms with E-state index in [9.17, 15) is 9.90 Å². The predicted molar refractivity (Wildman–Crippen MR) is 77.3 cm³/mol. The highest BCUT2D eigenvalue weighted by Gasteiger charge is 2.24. The molecule has 2 rings (SSSR count). The number of amides is 1. The molecule has 1 aromatic rings. The highest BCUT2D eigenvalue weighted by molar-refractivity contribution is 5.94. The lowest BCUT2D eigenvalue weighted by atomic mass is 9.92. The average Bonchev–Trinajstić information content (AvgIpc) is 2.41. The van der Waals surface area contributed by atoms with Crippen molar-refractivity contribution in [1.29, 1.82) is 0 Å². The molecule has 1 saturated carbocycles. The molecule has 1 fully saturated rings. The Kier molecular flexibility index (Phi) is 6.28. The third kappa shape index (κ3) is 4.20. The quantitative estimate of drug-likeness (QED) is 0.789. The Morgan fingerprint density at radius 2 is 1.89 bits per heavy atom. The highest BCUT2D eigenvalue weighted by atomic mass is 35.5. The van der Waals surface area contributed by atoms with Crippen molar-refractivity contribution in [2.24, 2.45) is 5.73 Å². The highest BCUT2D eigenvalue weighted by Crippen LogP contribution is 2.18. The topological polar surface area (TPSA) is 75.4 Å². The van der Waals surface area contributed by atoms with E-state index in [4.69, 9.17) is 5.73 Å². The number of carbonyl (C=O) groups is 1. The van der Waals surface area contributed by atoms with Crippen LogP contribution in [-0.4, -0.2) is 23.2 Å². The lowest BCUT2D eigenvalue weighted by Crippen LogP contribution is -2.45. The second-order valence-corrected chi connectivity index (χ2v) is 4.83. The van der Waals surface area contributed by atoms with Crippen LogP contribution in [0.1, 0.15) is 41.6 Å². The molecule has 0 radical (unpaired) electrons. The lowest BCUT2D eigenvalue weighted by molar-refractivity contribution is 0.0717. The first-order valence-corrected chi connectivity index (χ1v) is 6.48. The number of nitrogens with two attached hydrogens (primary N) is 1. The fourth-order valence-corrected chi connectivity index (χ4v) is 2.32. The Bertz CT molecular complexity index is 408. The summed E-state index contributed by atoms with van der Waals surface area (Å²) in [6.07, 6.45) is 3.32. The van der Waals surface area contributed by atoms with E-state index in [1.807, 2.05) is 12.1 Å². The second kappa shape index (κ2) is 7.48. The Morgan fingerprint density at radius 1 is 1.26 bits per heavy atom. The van der Waals surface area contributed by atoms with E-state index >= 15 is 0 Å². The van der Waals surface area contributed by atoms with Gasteiger partial charge >= 0.3 is 0 Å². The Morgan fingerprint density at radius 3 is 2.47 bits per heavy atom. The minimum absolute atomic E-state index is 0. The van der Waals surface area contributed by atoms with Crippen LogP contribution < -0.4 is 11.1 Å². The van der Waals surface area contributed by atoms with Gasteiger partial charge in [-0.3, -0.25) is 4.79 Å². The fourth-order valence-electron chi connectivity index (χ4n) is 2.32. The van der Waals surface area contributed by atoms with Gasteiger partial charge in [0.05, 0.1) is 12.1 Å². The first-order chi connectivity index (χ1) is 8.70. The van der Waals surface area contributed by atoms with Crippen LogP contribution in [0.4, 0.5) is 0 Å². The van der Waals surface area contributed by atoms with Gasteiger partial charge in [-0.15, -0.1) is 12.4 Å². The average molecular weight is 285 g/mol. The van der Waals surface area contributed by atoms with E-state index in [2.05, 4.69) is 5.32 Å². The van der Waals surface area contributed by atoms with E-state index < -0.39 is 6.10 Å². The van der Waals surface area contributed by atoms with Gasteiger partial charge in [0.25, 0.3) is 5.91 Å². The third-order valence-corrected chi connectivity index (χ3v) is 3.50. The summed E-state index contributed by atoms with van der Waals surface area (Å²) in [5, 5.41) is 12.7. The van der Waals surface area contributed by atoms with Crippen molar-refractivity contribution >= 4 is 18.3 Å². The molecule has 0 bridgehead atoms. The van der Waals surface area contributed by atoms with Crippen LogP contribution >= 0.6 is 12.4 Å². The van der Waals surface area contributed by atoms with Crippen LogP contribution in [0.3, 0.4) is 0 Å². The molecule has 0 spiro atoms. The lowest BCUT2D eigenvalue weighted by Gasteiger charge is -2.28. The standard InChI is InChI=1S/C14H20N2O2.ClH/c15-9-10-5-7-11(8-6-10)14(18)16-12-3-1-2-4-13(12)17;/h5-8,12-13,17H,1-4,9,15H2,(H,16,18);1H/t12-,13-;/m0./s1. The maximum absolute atomic E-state index is 12.0. The van der Waals surface area contributed by atoms with Crippen molar-refractivity contribution in [3.05, 3.63) is 35.4 Å². The molecule has 1 aromatic carbocycles. The molecule has 0 heterocycles.